The molecule has 0 spiro atoms. The fourth-order valence-corrected chi connectivity index (χ4v) is 8.46. The van der Waals surface area contributed by atoms with Crippen molar-refractivity contribution in [1.82, 2.24) is 34.9 Å². The Labute approximate surface area is 368 Å². The fraction of sp³-hybridized carbons (Fsp3) is 0. The largest absolute Gasteiger partial charge is 0.256 e. The maximum absolute atomic E-state index is 5.22. The highest BCUT2D eigenvalue weighted by atomic mass is 15.0. The van der Waals surface area contributed by atoms with Crippen molar-refractivity contribution in [3.63, 3.8) is 0 Å². The van der Waals surface area contributed by atoms with Gasteiger partial charge >= 0.3 is 0 Å². The standard InChI is InChI=1S/C57H35N7/c1-2-10-51-44(6-1)29-50(35-61-51)57-63-55(46-23-24-52-45(28-46)9-5-25-58-52)62-56(64-57)49-31-47(38-15-11-36(12-16-38)42-21-19-40-7-3-26-59-53(40)33-42)30-48(32-49)39-17-13-37(14-18-39)43-22-20-41-8-4-27-60-54(41)34-43/h1-35H. The Kier molecular flexibility index (Phi) is 9.01. The zero-order valence-corrected chi connectivity index (χ0v) is 34.3. The van der Waals surface area contributed by atoms with Gasteiger partial charge in [-0.1, -0.05) is 109 Å². The molecule has 0 radical (unpaired) electrons. The topological polar surface area (TPSA) is 90.2 Å². The van der Waals surface area contributed by atoms with Gasteiger partial charge in [-0.25, -0.2) is 15.0 Å². The second-order valence-corrected chi connectivity index (χ2v) is 15.9. The summed E-state index contributed by atoms with van der Waals surface area (Å²) in [6, 6.07) is 65.4. The molecule has 7 nitrogen and oxygen atoms in total. The monoisotopic (exact) mass is 817 g/mol. The molecule has 5 heterocycles. The summed E-state index contributed by atoms with van der Waals surface area (Å²) in [4.78, 5) is 34.1. The molecule has 0 aliphatic rings. The number of rotatable bonds is 7. The van der Waals surface area contributed by atoms with Gasteiger partial charge in [0.15, 0.2) is 17.5 Å². The number of hydrogen-bond donors (Lipinski definition) is 0. The number of pyridine rings is 4. The van der Waals surface area contributed by atoms with Crippen LogP contribution >= 0.6 is 0 Å². The number of fused-ring (bicyclic) bond motifs is 4. The van der Waals surface area contributed by atoms with E-state index in [-0.39, 0.29) is 0 Å². The normalized spacial score (nSPS) is 11.4. The van der Waals surface area contributed by atoms with Gasteiger partial charge < -0.3 is 0 Å². The summed E-state index contributed by atoms with van der Waals surface area (Å²) < 4.78 is 0. The smallest absolute Gasteiger partial charge is 0.165 e. The summed E-state index contributed by atoms with van der Waals surface area (Å²) in [5.74, 6) is 1.66. The number of para-hydroxylation sites is 1. The average Bonchev–Trinajstić information content (AvgIpc) is 3.38. The van der Waals surface area contributed by atoms with Crippen molar-refractivity contribution in [2.24, 2.45) is 0 Å². The summed E-state index contributed by atoms with van der Waals surface area (Å²) in [6.07, 6.45) is 7.33. The lowest BCUT2D eigenvalue weighted by atomic mass is 9.93. The lowest BCUT2D eigenvalue weighted by Gasteiger charge is -2.13. The highest BCUT2D eigenvalue weighted by Crippen LogP contribution is 2.36. The highest BCUT2D eigenvalue weighted by Gasteiger charge is 2.17. The Morgan fingerprint density at radius 2 is 0.625 bits per heavy atom. The second-order valence-electron chi connectivity index (χ2n) is 15.9. The van der Waals surface area contributed by atoms with Crippen LogP contribution in [0.25, 0.3) is 122 Å². The fourth-order valence-electron chi connectivity index (χ4n) is 8.46. The molecule has 0 atom stereocenters. The molecule has 0 amide bonds. The van der Waals surface area contributed by atoms with Gasteiger partial charge in [0, 0.05) is 63.0 Å². The van der Waals surface area contributed by atoms with Crippen molar-refractivity contribution in [3.05, 3.63) is 213 Å². The minimum atomic E-state index is 0.542. The van der Waals surface area contributed by atoms with Crippen LogP contribution in [0.4, 0.5) is 0 Å². The van der Waals surface area contributed by atoms with Gasteiger partial charge in [0.1, 0.15) is 0 Å². The van der Waals surface area contributed by atoms with Crippen LogP contribution < -0.4 is 0 Å². The lowest BCUT2D eigenvalue weighted by Crippen LogP contribution is -2.01. The molecular weight excluding hydrogens is 783 g/mol. The molecule has 0 aliphatic heterocycles. The summed E-state index contributed by atoms with van der Waals surface area (Å²) in [7, 11) is 0. The molecule has 298 valence electrons. The van der Waals surface area contributed by atoms with Crippen LogP contribution in [0.3, 0.4) is 0 Å². The third-order valence-corrected chi connectivity index (χ3v) is 11.9. The first-order chi connectivity index (χ1) is 31.6. The highest BCUT2D eigenvalue weighted by molar-refractivity contribution is 5.89. The number of nitrogens with zero attached hydrogens (tertiary/aromatic N) is 7. The average molecular weight is 818 g/mol. The number of hydrogen-bond acceptors (Lipinski definition) is 7. The molecule has 7 heteroatoms. The maximum Gasteiger partial charge on any atom is 0.165 e. The quantitative estimate of drug-likeness (QED) is 0.158. The van der Waals surface area contributed by atoms with Crippen molar-refractivity contribution in [1.29, 1.82) is 0 Å². The first-order valence-corrected chi connectivity index (χ1v) is 21.2. The molecule has 0 unspecified atom stereocenters. The zero-order chi connectivity index (χ0) is 42.4. The van der Waals surface area contributed by atoms with Crippen molar-refractivity contribution in [2.75, 3.05) is 0 Å². The van der Waals surface area contributed by atoms with Crippen molar-refractivity contribution in [2.45, 2.75) is 0 Å². The summed E-state index contributed by atoms with van der Waals surface area (Å²) in [6.45, 7) is 0. The first kappa shape index (κ1) is 37.0. The van der Waals surface area contributed by atoms with Gasteiger partial charge in [-0.3, -0.25) is 19.9 Å². The molecule has 0 fully saturated rings. The Hall–Kier alpha value is -8.81. The number of benzene rings is 7. The maximum atomic E-state index is 5.22. The van der Waals surface area contributed by atoms with Gasteiger partial charge in [-0.15, -0.1) is 0 Å². The Balaban J connectivity index is 1.01. The molecule has 64 heavy (non-hydrogen) atoms. The van der Waals surface area contributed by atoms with Crippen LogP contribution in [-0.4, -0.2) is 34.9 Å². The number of aromatic nitrogens is 7. The molecule has 12 aromatic rings. The van der Waals surface area contributed by atoms with E-state index in [0.29, 0.717) is 17.5 Å². The first-order valence-electron chi connectivity index (χ1n) is 21.2. The Morgan fingerprint density at radius 3 is 1.22 bits per heavy atom. The van der Waals surface area contributed by atoms with Crippen LogP contribution in [-0.2, 0) is 0 Å². The van der Waals surface area contributed by atoms with Gasteiger partial charge in [0.05, 0.1) is 22.1 Å². The van der Waals surface area contributed by atoms with E-state index < -0.39 is 0 Å². The van der Waals surface area contributed by atoms with E-state index >= 15 is 0 Å². The molecule has 5 aromatic heterocycles. The van der Waals surface area contributed by atoms with Crippen molar-refractivity contribution < 1.29 is 0 Å². The lowest BCUT2D eigenvalue weighted by molar-refractivity contribution is 1.07. The molecule has 0 saturated heterocycles. The summed E-state index contributed by atoms with van der Waals surface area (Å²) in [5.41, 5.74) is 15.0. The van der Waals surface area contributed by atoms with Gasteiger partial charge in [0.2, 0.25) is 0 Å². The van der Waals surface area contributed by atoms with Gasteiger partial charge in [-0.2, -0.15) is 0 Å². The van der Waals surface area contributed by atoms with E-state index in [9.17, 15) is 0 Å². The Bertz CT molecular complexity index is 3500. The van der Waals surface area contributed by atoms with Gasteiger partial charge in [-0.05, 0) is 123 Å². The van der Waals surface area contributed by atoms with E-state index in [0.717, 1.165) is 105 Å². The SMILES string of the molecule is c1cnc2ccc(-c3nc(-c4cc(-c5ccc(-c6ccc7cccnc7c6)cc5)cc(-c5ccc(-c6ccc7cccnc7c6)cc5)c4)nc(-c4cnc5ccccc5c4)n3)cc2c1. The zero-order valence-electron chi connectivity index (χ0n) is 34.3. The van der Waals surface area contributed by atoms with Gasteiger partial charge in [0.25, 0.3) is 0 Å². The van der Waals surface area contributed by atoms with Crippen LogP contribution in [0.2, 0.25) is 0 Å². The molecule has 0 N–H and O–H groups in total. The third-order valence-electron chi connectivity index (χ3n) is 11.9. The summed E-state index contributed by atoms with van der Waals surface area (Å²) >= 11 is 0. The van der Waals surface area contributed by atoms with E-state index in [1.165, 1.54) is 0 Å². The Morgan fingerprint density at radius 1 is 0.219 bits per heavy atom. The van der Waals surface area contributed by atoms with Crippen molar-refractivity contribution in [3.8, 4) is 78.7 Å². The second kappa shape index (κ2) is 15.6. The van der Waals surface area contributed by atoms with Crippen LogP contribution in [0.15, 0.2) is 213 Å². The third kappa shape index (κ3) is 7.07. The predicted octanol–water partition coefficient (Wildman–Crippen LogP) is 13.7. The van der Waals surface area contributed by atoms with Crippen LogP contribution in [0, 0.1) is 0 Å². The molecule has 0 saturated carbocycles. The van der Waals surface area contributed by atoms with E-state index in [1.807, 2.05) is 67.1 Å². The molecule has 12 rings (SSSR count). The van der Waals surface area contributed by atoms with Crippen LogP contribution in [0.5, 0.6) is 0 Å². The van der Waals surface area contributed by atoms with Crippen molar-refractivity contribution >= 4 is 43.6 Å². The van der Waals surface area contributed by atoms with E-state index in [4.69, 9.17) is 19.9 Å². The predicted molar refractivity (Wildman–Crippen MR) is 259 cm³/mol. The van der Waals surface area contributed by atoms with E-state index in [1.54, 1.807) is 6.20 Å². The molecule has 7 aromatic carbocycles. The van der Waals surface area contributed by atoms with E-state index in [2.05, 4.69) is 154 Å². The minimum Gasteiger partial charge on any atom is -0.256 e. The minimum absolute atomic E-state index is 0.542. The molecule has 0 bridgehead atoms. The summed E-state index contributed by atoms with van der Waals surface area (Å²) in [5, 5.41) is 4.26. The van der Waals surface area contributed by atoms with Crippen LogP contribution in [0.1, 0.15) is 0 Å². The molecule has 0 aliphatic carbocycles. The molecular formula is C57H35N7.